The molecule has 1 aliphatic heterocycles. The number of likely N-dealkylation sites (tertiary alicyclic amines) is 1. The van der Waals surface area contributed by atoms with E-state index in [0.29, 0.717) is 0 Å². The zero-order valence-corrected chi connectivity index (χ0v) is 11.4. The van der Waals surface area contributed by atoms with E-state index in [1.54, 1.807) is 0 Å². The predicted octanol–water partition coefficient (Wildman–Crippen LogP) is 3.22. The molecule has 0 aliphatic carbocycles. The second-order valence-electron chi connectivity index (χ2n) is 4.67. The summed E-state index contributed by atoms with van der Waals surface area (Å²) in [7, 11) is 2.04. The number of hydrogen-bond acceptors (Lipinski definition) is 2. The summed E-state index contributed by atoms with van der Waals surface area (Å²) in [5.41, 5.74) is 1.22. The van der Waals surface area contributed by atoms with Crippen molar-refractivity contribution in [2.24, 2.45) is 0 Å². The molecule has 1 N–H and O–H groups in total. The molecule has 1 heterocycles. The van der Waals surface area contributed by atoms with Gasteiger partial charge in [0.2, 0.25) is 0 Å². The fourth-order valence-electron chi connectivity index (χ4n) is 2.93. The van der Waals surface area contributed by atoms with Gasteiger partial charge in [-0.1, -0.05) is 30.7 Å². The maximum absolute atomic E-state index is 6.13. The molecular weight excluding hydrogens is 232 g/mol. The van der Waals surface area contributed by atoms with E-state index in [4.69, 9.17) is 11.6 Å². The van der Waals surface area contributed by atoms with Crippen LogP contribution in [0, 0.1) is 0 Å². The van der Waals surface area contributed by atoms with Crippen LogP contribution in [0.4, 0.5) is 0 Å². The molecule has 1 unspecified atom stereocenters. The van der Waals surface area contributed by atoms with Crippen molar-refractivity contribution in [2.75, 3.05) is 20.1 Å². The Kier molecular flexibility index (Phi) is 4.08. The predicted molar refractivity (Wildman–Crippen MR) is 73.3 cm³/mol. The second-order valence-corrected chi connectivity index (χ2v) is 5.10. The van der Waals surface area contributed by atoms with Crippen LogP contribution < -0.4 is 5.32 Å². The molecule has 0 spiro atoms. The van der Waals surface area contributed by atoms with Gasteiger partial charge in [0.1, 0.15) is 0 Å². The van der Waals surface area contributed by atoms with Gasteiger partial charge in [-0.2, -0.15) is 0 Å². The Bertz CT molecular complexity index is 368. The van der Waals surface area contributed by atoms with Gasteiger partial charge >= 0.3 is 0 Å². The third-order valence-corrected chi connectivity index (χ3v) is 4.11. The molecule has 1 aromatic rings. The van der Waals surface area contributed by atoms with Crippen molar-refractivity contribution >= 4 is 11.6 Å². The molecule has 1 saturated heterocycles. The summed E-state index contributed by atoms with van der Waals surface area (Å²) in [5, 5.41) is 4.33. The standard InChI is InChI=1S/C14H21ClN2/c1-3-14(16-2,17-9-4-5-10-17)12-7-6-8-13(15)11-12/h6-8,11,16H,3-5,9-10H2,1-2H3. The van der Waals surface area contributed by atoms with Crippen LogP contribution in [0.1, 0.15) is 31.7 Å². The molecular formula is C14H21ClN2. The van der Waals surface area contributed by atoms with Crippen molar-refractivity contribution in [3.63, 3.8) is 0 Å². The molecule has 0 saturated carbocycles. The summed E-state index contributed by atoms with van der Waals surface area (Å²) in [6.45, 7) is 4.57. The molecule has 1 fully saturated rings. The molecule has 2 rings (SSSR count). The highest BCUT2D eigenvalue weighted by molar-refractivity contribution is 6.30. The summed E-state index contributed by atoms with van der Waals surface area (Å²) in [6, 6.07) is 8.23. The maximum Gasteiger partial charge on any atom is 0.0970 e. The minimum absolute atomic E-state index is 0.0542. The van der Waals surface area contributed by atoms with E-state index in [0.717, 1.165) is 11.4 Å². The summed E-state index contributed by atoms with van der Waals surface area (Å²) >= 11 is 6.13. The van der Waals surface area contributed by atoms with Crippen LogP contribution in [-0.2, 0) is 5.66 Å². The molecule has 0 aromatic heterocycles. The van der Waals surface area contributed by atoms with E-state index in [9.17, 15) is 0 Å². The summed E-state index contributed by atoms with van der Waals surface area (Å²) in [5.74, 6) is 0. The lowest BCUT2D eigenvalue weighted by Crippen LogP contribution is -2.53. The van der Waals surface area contributed by atoms with Gasteiger partial charge in [0.15, 0.2) is 0 Å². The Morgan fingerprint density at radius 2 is 2.06 bits per heavy atom. The Morgan fingerprint density at radius 1 is 1.35 bits per heavy atom. The van der Waals surface area contributed by atoms with Gasteiger partial charge in [-0.15, -0.1) is 0 Å². The van der Waals surface area contributed by atoms with E-state index in [2.05, 4.69) is 29.3 Å². The Balaban J connectivity index is 2.38. The summed E-state index contributed by atoms with van der Waals surface area (Å²) in [6.07, 6.45) is 3.64. The fourth-order valence-corrected chi connectivity index (χ4v) is 3.12. The smallest absolute Gasteiger partial charge is 0.0970 e. The van der Waals surface area contributed by atoms with Crippen molar-refractivity contribution in [2.45, 2.75) is 31.8 Å². The zero-order chi connectivity index (χ0) is 12.3. The van der Waals surface area contributed by atoms with Crippen LogP contribution in [0.25, 0.3) is 0 Å². The van der Waals surface area contributed by atoms with Gasteiger partial charge < -0.3 is 0 Å². The molecule has 17 heavy (non-hydrogen) atoms. The highest BCUT2D eigenvalue weighted by Gasteiger charge is 2.36. The van der Waals surface area contributed by atoms with Gasteiger partial charge in [-0.05, 0) is 44.0 Å². The Hall–Kier alpha value is -0.570. The van der Waals surface area contributed by atoms with E-state index >= 15 is 0 Å². The van der Waals surface area contributed by atoms with Gasteiger partial charge in [-0.3, -0.25) is 10.2 Å². The molecule has 1 aromatic carbocycles. The Labute approximate surface area is 109 Å². The number of halogens is 1. The fraction of sp³-hybridized carbons (Fsp3) is 0.571. The second kappa shape index (κ2) is 5.38. The third-order valence-electron chi connectivity index (χ3n) is 3.87. The van der Waals surface area contributed by atoms with E-state index in [1.165, 1.54) is 31.5 Å². The monoisotopic (exact) mass is 252 g/mol. The molecule has 3 heteroatoms. The topological polar surface area (TPSA) is 15.3 Å². The summed E-state index contributed by atoms with van der Waals surface area (Å²) in [4.78, 5) is 2.54. The largest absolute Gasteiger partial charge is 0.298 e. The molecule has 0 amide bonds. The summed E-state index contributed by atoms with van der Waals surface area (Å²) < 4.78 is 0. The molecule has 0 radical (unpaired) electrons. The van der Waals surface area contributed by atoms with Crippen LogP contribution in [0.3, 0.4) is 0 Å². The van der Waals surface area contributed by atoms with Gasteiger partial charge in [0.05, 0.1) is 5.66 Å². The van der Waals surface area contributed by atoms with Crippen molar-refractivity contribution in [3.8, 4) is 0 Å². The van der Waals surface area contributed by atoms with Gasteiger partial charge in [-0.25, -0.2) is 0 Å². The van der Waals surface area contributed by atoms with E-state index in [-0.39, 0.29) is 5.66 Å². The first-order chi connectivity index (χ1) is 8.23. The van der Waals surface area contributed by atoms with Crippen LogP contribution in [0.2, 0.25) is 5.02 Å². The lowest BCUT2D eigenvalue weighted by molar-refractivity contribution is 0.0796. The molecule has 0 bridgehead atoms. The third kappa shape index (κ3) is 2.35. The highest BCUT2D eigenvalue weighted by atomic mass is 35.5. The average molecular weight is 253 g/mol. The van der Waals surface area contributed by atoms with Crippen LogP contribution in [-0.4, -0.2) is 25.0 Å². The zero-order valence-electron chi connectivity index (χ0n) is 10.7. The molecule has 1 atom stereocenters. The SMILES string of the molecule is CCC(NC)(c1cccc(Cl)c1)N1CCCC1. The number of nitrogens with zero attached hydrogens (tertiary/aromatic N) is 1. The average Bonchev–Trinajstić information content (AvgIpc) is 2.86. The molecule has 1 aliphatic rings. The van der Waals surface area contributed by atoms with Crippen molar-refractivity contribution in [1.82, 2.24) is 10.2 Å². The van der Waals surface area contributed by atoms with Crippen LogP contribution in [0.15, 0.2) is 24.3 Å². The van der Waals surface area contributed by atoms with E-state index in [1.807, 2.05) is 19.2 Å². The highest BCUT2D eigenvalue weighted by Crippen LogP contribution is 2.33. The molecule has 2 nitrogen and oxygen atoms in total. The lowest BCUT2D eigenvalue weighted by atomic mass is 9.95. The maximum atomic E-state index is 6.13. The van der Waals surface area contributed by atoms with E-state index < -0.39 is 0 Å². The normalized spacial score (nSPS) is 20.4. The Morgan fingerprint density at radius 3 is 2.59 bits per heavy atom. The van der Waals surface area contributed by atoms with Crippen molar-refractivity contribution in [3.05, 3.63) is 34.9 Å². The minimum Gasteiger partial charge on any atom is -0.298 e. The number of rotatable bonds is 4. The quantitative estimate of drug-likeness (QED) is 0.885. The van der Waals surface area contributed by atoms with Gasteiger partial charge in [0.25, 0.3) is 0 Å². The minimum atomic E-state index is -0.0542. The van der Waals surface area contributed by atoms with Crippen LogP contribution >= 0.6 is 11.6 Å². The molecule has 94 valence electrons. The van der Waals surface area contributed by atoms with Crippen molar-refractivity contribution in [1.29, 1.82) is 0 Å². The number of hydrogen-bond donors (Lipinski definition) is 1. The lowest BCUT2D eigenvalue weighted by Gasteiger charge is -2.42. The number of benzene rings is 1. The van der Waals surface area contributed by atoms with Crippen LogP contribution in [0.5, 0.6) is 0 Å². The van der Waals surface area contributed by atoms with Crippen molar-refractivity contribution < 1.29 is 0 Å². The first-order valence-electron chi connectivity index (χ1n) is 6.43. The first-order valence-corrected chi connectivity index (χ1v) is 6.81. The number of nitrogens with one attached hydrogen (secondary N) is 1. The van der Waals surface area contributed by atoms with Gasteiger partial charge in [0, 0.05) is 18.1 Å². The first kappa shape index (κ1) is 12.9.